The highest BCUT2D eigenvalue weighted by Crippen LogP contribution is 2.43. The Bertz CT molecular complexity index is 616. The number of rotatable bonds is 2. The van der Waals surface area contributed by atoms with Crippen molar-refractivity contribution in [2.75, 3.05) is 0 Å². The van der Waals surface area contributed by atoms with E-state index in [0.717, 1.165) is 11.1 Å². The molecular weight excluding hydrogens is 250 g/mol. The number of aromatic nitrogens is 1. The highest BCUT2D eigenvalue weighted by molar-refractivity contribution is 6.21. The molecule has 0 spiro atoms. The van der Waals surface area contributed by atoms with E-state index in [4.69, 9.17) is 16.0 Å². The fourth-order valence-electron chi connectivity index (χ4n) is 2.99. The third kappa shape index (κ3) is 1.97. The van der Waals surface area contributed by atoms with E-state index in [1.54, 1.807) is 0 Å². The molecule has 18 heavy (non-hydrogen) atoms. The number of fused-ring (bicyclic) bond motifs is 1. The Morgan fingerprint density at radius 2 is 2.28 bits per heavy atom. The average Bonchev–Trinajstić information content (AvgIpc) is 2.91. The molecule has 1 aromatic heterocycles. The van der Waals surface area contributed by atoms with Gasteiger partial charge in [0, 0.05) is 0 Å². The van der Waals surface area contributed by atoms with Crippen LogP contribution in [-0.4, -0.2) is 4.98 Å². The van der Waals surface area contributed by atoms with Gasteiger partial charge < -0.3 is 4.42 Å². The molecule has 0 aliphatic heterocycles. The van der Waals surface area contributed by atoms with Gasteiger partial charge in [0.15, 0.2) is 5.58 Å². The second-order valence-corrected chi connectivity index (χ2v) is 5.71. The molecule has 1 fully saturated rings. The second-order valence-electron chi connectivity index (χ2n) is 5.24. The molecule has 3 rings (SSSR count). The van der Waals surface area contributed by atoms with Crippen LogP contribution in [-0.2, 0) is 0 Å². The van der Waals surface area contributed by atoms with Crippen LogP contribution < -0.4 is 5.76 Å². The molecular formula is C14H16ClNO2. The Morgan fingerprint density at radius 1 is 1.44 bits per heavy atom. The molecule has 1 heterocycles. The zero-order chi connectivity index (χ0) is 12.7. The predicted octanol–water partition coefficient (Wildman–Crippen LogP) is 3.84. The fourth-order valence-corrected chi connectivity index (χ4v) is 3.50. The number of nitrogens with one attached hydrogen (secondary N) is 1. The zero-order valence-corrected chi connectivity index (χ0v) is 11.0. The van der Waals surface area contributed by atoms with Gasteiger partial charge >= 0.3 is 5.76 Å². The summed E-state index contributed by atoms with van der Waals surface area (Å²) in [5.74, 6) is 0.777. The number of benzene rings is 1. The first-order valence-electron chi connectivity index (χ1n) is 6.42. The molecule has 0 amide bonds. The van der Waals surface area contributed by atoms with Crippen LogP contribution in [0.25, 0.3) is 11.1 Å². The first-order valence-corrected chi connectivity index (χ1v) is 6.85. The van der Waals surface area contributed by atoms with Crippen LogP contribution in [0.1, 0.15) is 37.1 Å². The van der Waals surface area contributed by atoms with Gasteiger partial charge in [-0.3, -0.25) is 4.98 Å². The van der Waals surface area contributed by atoms with E-state index in [9.17, 15) is 4.79 Å². The molecule has 0 bridgehead atoms. The first kappa shape index (κ1) is 11.8. The van der Waals surface area contributed by atoms with Crippen molar-refractivity contribution in [1.29, 1.82) is 0 Å². The highest BCUT2D eigenvalue weighted by Gasteiger charge is 2.30. The smallest absolute Gasteiger partial charge is 0.408 e. The lowest BCUT2D eigenvalue weighted by molar-refractivity contribution is 0.405. The van der Waals surface area contributed by atoms with E-state index < -0.39 is 5.76 Å². The molecule has 0 saturated heterocycles. The molecule has 1 aliphatic carbocycles. The molecule has 3 unspecified atom stereocenters. The standard InChI is InChI=1S/C14H16ClNO2/c1-8-3-2-4-10(8)13(15)9-5-6-11-12(7-9)18-14(17)16-11/h5-8,10,13H,2-4H2,1H3,(H,16,17). The van der Waals surface area contributed by atoms with Crippen LogP contribution in [0.2, 0.25) is 0 Å². The second kappa shape index (κ2) is 4.47. The van der Waals surface area contributed by atoms with Crippen molar-refractivity contribution in [2.24, 2.45) is 11.8 Å². The van der Waals surface area contributed by atoms with Gasteiger partial charge in [0.1, 0.15) is 0 Å². The van der Waals surface area contributed by atoms with Crippen LogP contribution in [0.15, 0.2) is 27.4 Å². The highest BCUT2D eigenvalue weighted by atomic mass is 35.5. The summed E-state index contributed by atoms with van der Waals surface area (Å²) in [7, 11) is 0. The average molecular weight is 266 g/mol. The molecule has 96 valence electrons. The Kier molecular flexibility index (Phi) is 2.94. The van der Waals surface area contributed by atoms with Gasteiger partial charge in [-0.15, -0.1) is 11.6 Å². The van der Waals surface area contributed by atoms with Crippen LogP contribution in [0, 0.1) is 11.8 Å². The monoisotopic (exact) mass is 265 g/mol. The Morgan fingerprint density at radius 3 is 3.00 bits per heavy atom. The number of oxazole rings is 1. The first-order chi connectivity index (χ1) is 8.65. The third-order valence-corrected chi connectivity index (χ3v) is 4.64. The van der Waals surface area contributed by atoms with E-state index >= 15 is 0 Å². The largest absolute Gasteiger partial charge is 0.417 e. The van der Waals surface area contributed by atoms with Crippen LogP contribution >= 0.6 is 11.6 Å². The number of alkyl halides is 1. The van der Waals surface area contributed by atoms with Crippen molar-refractivity contribution >= 4 is 22.7 Å². The molecule has 1 aliphatic rings. The molecule has 4 heteroatoms. The maximum atomic E-state index is 11.1. The molecule has 3 nitrogen and oxygen atoms in total. The van der Waals surface area contributed by atoms with Gasteiger partial charge in [-0.25, -0.2) is 4.79 Å². The number of H-pyrrole nitrogens is 1. The summed E-state index contributed by atoms with van der Waals surface area (Å²) in [6.07, 6.45) is 3.70. The molecule has 2 aromatic rings. The Hall–Kier alpha value is -1.22. The Labute approximate surface area is 110 Å². The minimum Gasteiger partial charge on any atom is -0.408 e. The summed E-state index contributed by atoms with van der Waals surface area (Å²) in [6.45, 7) is 2.27. The van der Waals surface area contributed by atoms with E-state index in [2.05, 4.69) is 11.9 Å². The molecule has 1 saturated carbocycles. The van der Waals surface area contributed by atoms with Gasteiger partial charge in [-0.1, -0.05) is 25.8 Å². The Balaban J connectivity index is 1.95. The summed E-state index contributed by atoms with van der Waals surface area (Å²) in [6, 6.07) is 5.73. The van der Waals surface area contributed by atoms with Crippen LogP contribution in [0.4, 0.5) is 0 Å². The molecule has 1 aromatic carbocycles. The van der Waals surface area contributed by atoms with E-state index in [1.165, 1.54) is 19.3 Å². The summed E-state index contributed by atoms with van der Waals surface area (Å²) >= 11 is 6.58. The van der Waals surface area contributed by atoms with Crippen molar-refractivity contribution in [3.05, 3.63) is 34.3 Å². The third-order valence-electron chi connectivity index (χ3n) is 4.07. The number of hydrogen-bond donors (Lipinski definition) is 1. The zero-order valence-electron chi connectivity index (χ0n) is 10.3. The topological polar surface area (TPSA) is 46.0 Å². The van der Waals surface area contributed by atoms with Crippen LogP contribution in [0.3, 0.4) is 0 Å². The van der Waals surface area contributed by atoms with Gasteiger partial charge in [0.2, 0.25) is 0 Å². The van der Waals surface area contributed by atoms with Crippen molar-refractivity contribution < 1.29 is 4.42 Å². The molecule has 3 atom stereocenters. The number of aromatic amines is 1. The summed E-state index contributed by atoms with van der Waals surface area (Å²) < 4.78 is 5.08. The van der Waals surface area contributed by atoms with E-state index in [-0.39, 0.29) is 5.38 Å². The van der Waals surface area contributed by atoms with E-state index in [1.807, 2.05) is 18.2 Å². The van der Waals surface area contributed by atoms with Crippen molar-refractivity contribution in [1.82, 2.24) is 4.98 Å². The SMILES string of the molecule is CC1CCCC1C(Cl)c1ccc2[nH]c(=O)oc2c1. The maximum Gasteiger partial charge on any atom is 0.417 e. The summed E-state index contributed by atoms with van der Waals surface area (Å²) in [5, 5.41) is 0.00658. The molecule has 0 radical (unpaired) electrons. The molecule has 1 N–H and O–H groups in total. The minimum absolute atomic E-state index is 0.00658. The van der Waals surface area contributed by atoms with Gasteiger partial charge in [0.05, 0.1) is 10.9 Å². The van der Waals surface area contributed by atoms with E-state index in [0.29, 0.717) is 17.4 Å². The normalized spacial score (nSPS) is 25.7. The van der Waals surface area contributed by atoms with Gasteiger partial charge in [-0.05, 0) is 36.0 Å². The van der Waals surface area contributed by atoms with Gasteiger partial charge in [-0.2, -0.15) is 0 Å². The van der Waals surface area contributed by atoms with Gasteiger partial charge in [0.25, 0.3) is 0 Å². The number of halogens is 1. The van der Waals surface area contributed by atoms with Crippen molar-refractivity contribution in [3.63, 3.8) is 0 Å². The van der Waals surface area contributed by atoms with Crippen molar-refractivity contribution in [2.45, 2.75) is 31.6 Å². The van der Waals surface area contributed by atoms with Crippen LogP contribution in [0.5, 0.6) is 0 Å². The quantitative estimate of drug-likeness (QED) is 0.839. The van der Waals surface area contributed by atoms with Crippen molar-refractivity contribution in [3.8, 4) is 0 Å². The lowest BCUT2D eigenvalue weighted by Gasteiger charge is -2.21. The lowest BCUT2D eigenvalue weighted by atomic mass is 9.90. The summed E-state index contributed by atoms with van der Waals surface area (Å²) in [4.78, 5) is 13.8. The fraction of sp³-hybridized carbons (Fsp3) is 0.500. The maximum absolute atomic E-state index is 11.1. The summed E-state index contributed by atoms with van der Waals surface area (Å²) in [5.41, 5.74) is 2.37. The lowest BCUT2D eigenvalue weighted by Crippen LogP contribution is -2.10. The number of hydrogen-bond acceptors (Lipinski definition) is 2. The predicted molar refractivity (Wildman–Crippen MR) is 71.9 cm³/mol. The minimum atomic E-state index is -0.414.